The molecule has 0 aliphatic rings. The van der Waals surface area contributed by atoms with Crippen LogP contribution in [0, 0.1) is 19.7 Å². The number of nitrogens with zero attached hydrogens (tertiary/aromatic N) is 2. The summed E-state index contributed by atoms with van der Waals surface area (Å²) < 4.78 is 14.4. The summed E-state index contributed by atoms with van der Waals surface area (Å²) in [4.78, 5) is 15.6. The number of aryl methyl sites for hydroxylation is 2. The van der Waals surface area contributed by atoms with E-state index in [1.807, 2.05) is 6.92 Å². The molecule has 0 radical (unpaired) electrons. The molecule has 1 aromatic carbocycles. The fourth-order valence-corrected chi connectivity index (χ4v) is 2.27. The standard InChI is InChI=1S/C14H13FN4O2S/c1-6-3-7(2)10-8(4-6)18-9(5-17-19-14(16)22)12(15)11(10)13(20)21/h3-5H,1-2H3,(H,20,21)(H3,16,19,22)/b17-5+. The first-order chi connectivity index (χ1) is 10.3. The van der Waals surface area contributed by atoms with Crippen LogP contribution in [0.3, 0.4) is 0 Å². The van der Waals surface area contributed by atoms with Crippen LogP contribution in [0.2, 0.25) is 0 Å². The number of pyridine rings is 1. The Bertz CT molecular complexity index is 820. The Morgan fingerprint density at radius 3 is 2.77 bits per heavy atom. The van der Waals surface area contributed by atoms with E-state index in [-0.39, 0.29) is 16.2 Å². The Kier molecular flexibility index (Phi) is 4.32. The number of fused-ring (bicyclic) bond motifs is 1. The number of aromatic nitrogens is 1. The Morgan fingerprint density at radius 1 is 1.50 bits per heavy atom. The van der Waals surface area contributed by atoms with Gasteiger partial charge in [0.15, 0.2) is 10.9 Å². The van der Waals surface area contributed by atoms with E-state index in [4.69, 9.17) is 5.73 Å². The molecule has 1 aromatic heterocycles. The van der Waals surface area contributed by atoms with Crippen LogP contribution in [0.4, 0.5) is 4.39 Å². The minimum absolute atomic E-state index is 0.0948. The van der Waals surface area contributed by atoms with Crippen LogP contribution in [0.25, 0.3) is 10.9 Å². The summed E-state index contributed by atoms with van der Waals surface area (Å²) in [5.41, 5.74) is 8.74. The Balaban J connectivity index is 2.74. The van der Waals surface area contributed by atoms with Gasteiger partial charge in [-0.3, -0.25) is 5.43 Å². The molecule has 0 saturated carbocycles. The van der Waals surface area contributed by atoms with E-state index < -0.39 is 17.3 Å². The fraction of sp³-hybridized carbons (Fsp3) is 0.143. The highest BCUT2D eigenvalue weighted by atomic mass is 32.1. The van der Waals surface area contributed by atoms with Gasteiger partial charge in [0.05, 0.1) is 11.7 Å². The number of carboxylic acids is 1. The van der Waals surface area contributed by atoms with Crippen molar-refractivity contribution in [2.75, 3.05) is 0 Å². The number of halogens is 1. The quantitative estimate of drug-likeness (QED) is 0.453. The molecule has 6 nitrogen and oxygen atoms in total. The molecule has 0 atom stereocenters. The van der Waals surface area contributed by atoms with Gasteiger partial charge >= 0.3 is 5.97 Å². The highest BCUT2D eigenvalue weighted by molar-refractivity contribution is 7.80. The van der Waals surface area contributed by atoms with Gasteiger partial charge in [-0.2, -0.15) is 5.10 Å². The lowest BCUT2D eigenvalue weighted by Crippen LogP contribution is -2.24. The first-order valence-corrected chi connectivity index (χ1v) is 6.64. The number of benzene rings is 1. The Labute approximate surface area is 130 Å². The van der Waals surface area contributed by atoms with Crippen LogP contribution < -0.4 is 11.2 Å². The summed E-state index contributed by atoms with van der Waals surface area (Å²) in [6.07, 6.45) is 1.04. The van der Waals surface area contributed by atoms with Crippen LogP contribution in [0.15, 0.2) is 17.2 Å². The summed E-state index contributed by atoms with van der Waals surface area (Å²) in [5.74, 6) is -2.32. The average Bonchev–Trinajstić information content (AvgIpc) is 2.39. The van der Waals surface area contributed by atoms with E-state index in [1.54, 1.807) is 19.1 Å². The molecule has 0 fully saturated rings. The summed E-state index contributed by atoms with van der Waals surface area (Å²) in [6, 6.07) is 3.46. The number of carbonyl (C=O) groups is 1. The monoisotopic (exact) mass is 320 g/mol. The van der Waals surface area contributed by atoms with Crippen LogP contribution in [0.1, 0.15) is 27.2 Å². The molecule has 0 aliphatic carbocycles. The third-order valence-corrected chi connectivity index (χ3v) is 3.06. The van der Waals surface area contributed by atoms with E-state index in [9.17, 15) is 14.3 Å². The number of carboxylic acid groups (broad SMARTS) is 1. The van der Waals surface area contributed by atoms with Crippen LogP contribution in [-0.4, -0.2) is 27.4 Å². The highest BCUT2D eigenvalue weighted by Crippen LogP contribution is 2.26. The zero-order chi connectivity index (χ0) is 16.4. The first kappa shape index (κ1) is 15.8. The number of nitrogens with two attached hydrogens (primary N) is 1. The Morgan fingerprint density at radius 2 is 2.18 bits per heavy atom. The SMILES string of the molecule is Cc1cc(C)c2c(C(=O)O)c(F)c(/C=N/NC(N)=S)nc2c1. The molecule has 0 unspecified atom stereocenters. The number of nitrogens with one attached hydrogen (secondary N) is 1. The molecule has 0 aliphatic heterocycles. The number of hydrogen-bond acceptors (Lipinski definition) is 4. The average molecular weight is 320 g/mol. The van der Waals surface area contributed by atoms with Gasteiger partial charge in [0.2, 0.25) is 0 Å². The lowest BCUT2D eigenvalue weighted by molar-refractivity contribution is 0.0694. The number of thiocarbonyl (C=S) groups is 1. The molecule has 4 N–H and O–H groups in total. The van der Waals surface area contributed by atoms with Gasteiger partial charge in [0.25, 0.3) is 0 Å². The van der Waals surface area contributed by atoms with Gasteiger partial charge < -0.3 is 10.8 Å². The third-order valence-electron chi connectivity index (χ3n) is 2.97. The predicted molar refractivity (Wildman–Crippen MR) is 85.6 cm³/mol. The maximum absolute atomic E-state index is 14.4. The molecule has 22 heavy (non-hydrogen) atoms. The van der Waals surface area contributed by atoms with Gasteiger partial charge in [0, 0.05) is 5.39 Å². The molecule has 0 saturated heterocycles. The lowest BCUT2D eigenvalue weighted by Gasteiger charge is -2.10. The molecule has 0 spiro atoms. The van der Waals surface area contributed by atoms with Crippen molar-refractivity contribution in [2.24, 2.45) is 10.8 Å². The predicted octanol–water partition coefficient (Wildman–Crippen LogP) is 1.86. The molecule has 1 heterocycles. The zero-order valence-electron chi connectivity index (χ0n) is 11.8. The van der Waals surface area contributed by atoms with Crippen molar-refractivity contribution in [3.05, 3.63) is 40.3 Å². The lowest BCUT2D eigenvalue weighted by atomic mass is 10.00. The fourth-order valence-electron chi connectivity index (χ4n) is 2.22. The minimum atomic E-state index is -1.37. The number of hydrazone groups is 1. The van der Waals surface area contributed by atoms with Crippen LogP contribution in [0.5, 0.6) is 0 Å². The van der Waals surface area contributed by atoms with Crippen molar-refractivity contribution in [2.45, 2.75) is 13.8 Å². The molecule has 0 amide bonds. The summed E-state index contributed by atoms with van der Waals surface area (Å²) in [6.45, 7) is 3.56. The number of rotatable bonds is 3. The molecular formula is C14H13FN4O2S. The van der Waals surface area contributed by atoms with E-state index in [0.29, 0.717) is 11.1 Å². The minimum Gasteiger partial charge on any atom is -0.478 e. The van der Waals surface area contributed by atoms with E-state index in [1.165, 1.54) is 0 Å². The van der Waals surface area contributed by atoms with Gasteiger partial charge in [-0.05, 0) is 43.3 Å². The van der Waals surface area contributed by atoms with Crippen molar-refractivity contribution < 1.29 is 14.3 Å². The van der Waals surface area contributed by atoms with E-state index in [0.717, 1.165) is 11.8 Å². The summed E-state index contributed by atoms with van der Waals surface area (Å²) in [7, 11) is 0. The summed E-state index contributed by atoms with van der Waals surface area (Å²) in [5, 5.41) is 13.1. The topological polar surface area (TPSA) is 101 Å². The van der Waals surface area contributed by atoms with Crippen LogP contribution in [-0.2, 0) is 0 Å². The van der Waals surface area contributed by atoms with Gasteiger partial charge in [-0.15, -0.1) is 0 Å². The van der Waals surface area contributed by atoms with Gasteiger partial charge in [-0.1, -0.05) is 6.07 Å². The maximum atomic E-state index is 14.4. The molecule has 114 valence electrons. The second-order valence-corrected chi connectivity index (χ2v) is 5.14. The maximum Gasteiger partial charge on any atom is 0.339 e. The van der Waals surface area contributed by atoms with Crippen molar-refractivity contribution >= 4 is 40.4 Å². The third kappa shape index (κ3) is 3.01. The zero-order valence-corrected chi connectivity index (χ0v) is 12.7. The van der Waals surface area contributed by atoms with Crippen LogP contribution >= 0.6 is 12.2 Å². The number of hydrogen-bond donors (Lipinski definition) is 3. The van der Waals surface area contributed by atoms with Crippen molar-refractivity contribution in [3.8, 4) is 0 Å². The smallest absolute Gasteiger partial charge is 0.339 e. The molecule has 2 aromatic rings. The van der Waals surface area contributed by atoms with Crippen molar-refractivity contribution in [3.63, 3.8) is 0 Å². The van der Waals surface area contributed by atoms with Crippen molar-refractivity contribution in [1.82, 2.24) is 10.4 Å². The van der Waals surface area contributed by atoms with Crippen molar-refractivity contribution in [1.29, 1.82) is 0 Å². The second kappa shape index (κ2) is 6.02. The molecule has 0 bridgehead atoms. The van der Waals surface area contributed by atoms with Gasteiger partial charge in [0.1, 0.15) is 11.3 Å². The summed E-state index contributed by atoms with van der Waals surface area (Å²) >= 11 is 4.57. The Hall–Kier alpha value is -2.61. The van der Waals surface area contributed by atoms with E-state index >= 15 is 0 Å². The molecule has 8 heteroatoms. The normalized spacial score (nSPS) is 11.0. The molecular weight excluding hydrogens is 307 g/mol. The van der Waals surface area contributed by atoms with E-state index in [2.05, 4.69) is 27.7 Å². The van der Waals surface area contributed by atoms with Gasteiger partial charge in [-0.25, -0.2) is 14.2 Å². The molecule has 2 rings (SSSR count). The number of aromatic carboxylic acids is 1. The second-order valence-electron chi connectivity index (χ2n) is 4.70. The highest BCUT2D eigenvalue weighted by Gasteiger charge is 2.21. The largest absolute Gasteiger partial charge is 0.478 e. The first-order valence-electron chi connectivity index (χ1n) is 6.23.